The molecule has 3 amide bonds. The number of H-pyrrole nitrogens is 2. The van der Waals surface area contributed by atoms with Gasteiger partial charge in [0.1, 0.15) is 12.1 Å². The Morgan fingerprint density at radius 1 is 0.789 bits per heavy atom. The summed E-state index contributed by atoms with van der Waals surface area (Å²) >= 11 is 0. The number of carboxylic acids is 1. The van der Waals surface area contributed by atoms with Crippen molar-refractivity contribution >= 4 is 45.5 Å². The molecule has 0 fully saturated rings. The second-order valence-electron chi connectivity index (χ2n) is 9.20. The number of primary amides is 1. The molecule has 0 bridgehead atoms. The molecule has 3 unspecified atom stereocenters. The number of nitrogens with one attached hydrogen (secondary N) is 4. The van der Waals surface area contributed by atoms with Crippen molar-refractivity contribution in [3.05, 3.63) is 72.1 Å². The smallest absolute Gasteiger partial charge is 0.326 e. The van der Waals surface area contributed by atoms with E-state index in [1.165, 1.54) is 0 Å². The fraction of sp³-hybridized carbons (Fsp3) is 0.259. The number of aromatic amines is 2. The molecule has 0 spiro atoms. The Morgan fingerprint density at radius 3 is 1.87 bits per heavy atom. The van der Waals surface area contributed by atoms with Gasteiger partial charge in [-0.2, -0.15) is 0 Å². The number of nitrogens with two attached hydrogens (primary N) is 2. The lowest BCUT2D eigenvalue weighted by Crippen LogP contribution is -2.55. The number of aliphatic carboxylic acids is 1. The van der Waals surface area contributed by atoms with Crippen LogP contribution in [0.25, 0.3) is 21.8 Å². The first-order chi connectivity index (χ1) is 18.2. The van der Waals surface area contributed by atoms with Crippen LogP contribution in [0.15, 0.2) is 60.9 Å². The van der Waals surface area contributed by atoms with Gasteiger partial charge in [-0.15, -0.1) is 0 Å². The summed E-state index contributed by atoms with van der Waals surface area (Å²) in [5, 5.41) is 16.6. The van der Waals surface area contributed by atoms with Gasteiger partial charge in [0.2, 0.25) is 17.7 Å². The zero-order valence-electron chi connectivity index (χ0n) is 20.6. The van der Waals surface area contributed by atoms with Gasteiger partial charge in [0, 0.05) is 47.0 Å². The van der Waals surface area contributed by atoms with Crippen LogP contribution in [0.1, 0.15) is 24.0 Å². The van der Waals surface area contributed by atoms with E-state index in [0.717, 1.165) is 27.4 Å². The van der Waals surface area contributed by atoms with Crippen LogP contribution < -0.4 is 22.1 Å². The fourth-order valence-corrected chi connectivity index (χ4v) is 4.46. The lowest BCUT2D eigenvalue weighted by atomic mass is 10.0. The van der Waals surface area contributed by atoms with E-state index in [1.807, 2.05) is 48.5 Å². The summed E-state index contributed by atoms with van der Waals surface area (Å²) in [7, 11) is 0. The molecule has 0 aliphatic heterocycles. The number of carbonyl (C=O) groups excluding carboxylic acids is 3. The third-order valence-corrected chi connectivity index (χ3v) is 6.48. The third-order valence-electron chi connectivity index (χ3n) is 6.48. The molecule has 198 valence electrons. The highest BCUT2D eigenvalue weighted by Crippen LogP contribution is 2.20. The van der Waals surface area contributed by atoms with E-state index in [0.29, 0.717) is 5.56 Å². The van der Waals surface area contributed by atoms with Crippen LogP contribution in [0.2, 0.25) is 0 Å². The molecule has 38 heavy (non-hydrogen) atoms. The number of aromatic nitrogens is 2. The van der Waals surface area contributed by atoms with Crippen molar-refractivity contribution in [2.45, 2.75) is 43.8 Å². The minimum absolute atomic E-state index is 0.0155. The Morgan fingerprint density at radius 2 is 1.32 bits per heavy atom. The SMILES string of the molecule is NC(=O)CCC(NC(=O)C(N)Cc1c[nH]c2ccccc12)C(=O)NC(Cc1c[nH]c2ccccc12)C(=O)O. The van der Waals surface area contributed by atoms with Crippen molar-refractivity contribution in [3.8, 4) is 0 Å². The maximum atomic E-state index is 13.1. The predicted octanol–water partition coefficient (Wildman–Crippen LogP) is 1.08. The van der Waals surface area contributed by atoms with Crippen LogP contribution in [0, 0.1) is 0 Å². The molecule has 11 nitrogen and oxygen atoms in total. The molecule has 9 N–H and O–H groups in total. The molecule has 2 aromatic carbocycles. The highest BCUT2D eigenvalue weighted by atomic mass is 16.4. The van der Waals surface area contributed by atoms with Gasteiger partial charge < -0.3 is 37.2 Å². The number of fused-ring (bicyclic) bond motifs is 2. The van der Waals surface area contributed by atoms with Crippen LogP contribution in [-0.2, 0) is 32.0 Å². The molecule has 0 saturated carbocycles. The molecule has 0 radical (unpaired) electrons. The number of amides is 3. The Balaban J connectivity index is 1.45. The second kappa shape index (κ2) is 11.6. The normalized spacial score (nSPS) is 13.6. The van der Waals surface area contributed by atoms with E-state index >= 15 is 0 Å². The Bertz CT molecular complexity index is 1470. The summed E-state index contributed by atoms with van der Waals surface area (Å²) in [5.74, 6) is -3.25. The molecule has 0 saturated heterocycles. The Kier molecular flexibility index (Phi) is 8.07. The first-order valence-corrected chi connectivity index (χ1v) is 12.2. The summed E-state index contributed by atoms with van der Waals surface area (Å²) < 4.78 is 0. The van der Waals surface area contributed by atoms with Gasteiger partial charge in [0.15, 0.2) is 0 Å². The number of rotatable bonds is 12. The van der Waals surface area contributed by atoms with E-state index in [-0.39, 0.29) is 25.7 Å². The highest BCUT2D eigenvalue weighted by Gasteiger charge is 2.29. The number of carboxylic acid groups (broad SMARTS) is 1. The molecular formula is C27H30N6O5. The predicted molar refractivity (Wildman–Crippen MR) is 142 cm³/mol. The molecule has 2 heterocycles. The summed E-state index contributed by atoms with van der Waals surface area (Å²) in [4.78, 5) is 55.6. The van der Waals surface area contributed by atoms with Crippen LogP contribution in [-0.4, -0.2) is 56.9 Å². The fourth-order valence-electron chi connectivity index (χ4n) is 4.46. The number of carbonyl (C=O) groups is 4. The second-order valence-corrected chi connectivity index (χ2v) is 9.20. The minimum Gasteiger partial charge on any atom is -0.480 e. The topological polar surface area (TPSA) is 196 Å². The zero-order valence-corrected chi connectivity index (χ0v) is 20.6. The summed E-state index contributed by atoms with van der Waals surface area (Å²) in [6.45, 7) is 0. The lowest BCUT2D eigenvalue weighted by Gasteiger charge is -2.22. The standard InChI is InChI=1S/C27H30N6O5/c28-19(11-15-13-30-20-7-3-1-5-17(15)20)25(35)32-22(9-10-24(29)34)26(36)33-23(27(37)38)12-16-14-31-21-8-4-2-6-18(16)21/h1-8,13-14,19,22-23,30-31H,9-12,28H2,(H2,29,34)(H,32,35)(H,33,36)(H,37,38). The summed E-state index contributed by atoms with van der Waals surface area (Å²) in [6, 6.07) is 11.5. The molecule has 4 rings (SSSR count). The quantitative estimate of drug-likeness (QED) is 0.146. The Labute approximate surface area is 218 Å². The highest BCUT2D eigenvalue weighted by molar-refractivity contribution is 5.93. The van der Waals surface area contributed by atoms with E-state index in [1.54, 1.807) is 12.4 Å². The van der Waals surface area contributed by atoms with Gasteiger partial charge in [-0.25, -0.2) is 4.79 Å². The average Bonchev–Trinajstić information content (AvgIpc) is 3.50. The Hall–Kier alpha value is -4.64. The lowest BCUT2D eigenvalue weighted by molar-refractivity contribution is -0.142. The van der Waals surface area contributed by atoms with Crippen molar-refractivity contribution < 1.29 is 24.3 Å². The van der Waals surface area contributed by atoms with Crippen LogP contribution in [0.3, 0.4) is 0 Å². The van der Waals surface area contributed by atoms with Crippen molar-refractivity contribution in [2.75, 3.05) is 0 Å². The maximum Gasteiger partial charge on any atom is 0.326 e. The van der Waals surface area contributed by atoms with Crippen LogP contribution in [0.5, 0.6) is 0 Å². The average molecular weight is 519 g/mol. The molecule has 3 atom stereocenters. The molecule has 2 aromatic heterocycles. The van der Waals surface area contributed by atoms with Gasteiger partial charge in [-0.3, -0.25) is 14.4 Å². The van der Waals surface area contributed by atoms with Crippen LogP contribution >= 0.6 is 0 Å². The van der Waals surface area contributed by atoms with Crippen molar-refractivity contribution in [1.82, 2.24) is 20.6 Å². The summed E-state index contributed by atoms with van der Waals surface area (Å²) in [5.41, 5.74) is 14.7. The van der Waals surface area contributed by atoms with Crippen molar-refractivity contribution in [1.29, 1.82) is 0 Å². The molecule has 0 aliphatic carbocycles. The van der Waals surface area contributed by atoms with Crippen molar-refractivity contribution in [2.24, 2.45) is 11.5 Å². The maximum absolute atomic E-state index is 13.1. The molecule has 4 aromatic rings. The van der Waals surface area contributed by atoms with Gasteiger partial charge >= 0.3 is 5.97 Å². The number of para-hydroxylation sites is 2. The number of hydrogen-bond donors (Lipinski definition) is 7. The van der Waals surface area contributed by atoms with E-state index in [9.17, 15) is 24.3 Å². The van der Waals surface area contributed by atoms with E-state index in [4.69, 9.17) is 11.5 Å². The van der Waals surface area contributed by atoms with Gasteiger partial charge in [0.25, 0.3) is 0 Å². The summed E-state index contributed by atoms with van der Waals surface area (Å²) in [6.07, 6.45) is 3.41. The number of hydrogen-bond acceptors (Lipinski definition) is 5. The first kappa shape index (κ1) is 26.4. The molecular weight excluding hydrogens is 488 g/mol. The van der Waals surface area contributed by atoms with E-state index < -0.39 is 41.8 Å². The largest absolute Gasteiger partial charge is 0.480 e. The van der Waals surface area contributed by atoms with Crippen LogP contribution in [0.4, 0.5) is 0 Å². The molecule has 0 aliphatic rings. The molecule has 11 heteroatoms. The zero-order chi connectivity index (χ0) is 27.2. The monoisotopic (exact) mass is 518 g/mol. The van der Waals surface area contributed by atoms with E-state index in [2.05, 4.69) is 20.6 Å². The first-order valence-electron chi connectivity index (χ1n) is 12.2. The van der Waals surface area contributed by atoms with Gasteiger partial charge in [-0.05, 0) is 36.1 Å². The van der Waals surface area contributed by atoms with Gasteiger partial charge in [0.05, 0.1) is 6.04 Å². The minimum atomic E-state index is -1.27. The number of benzene rings is 2. The third kappa shape index (κ3) is 6.19. The van der Waals surface area contributed by atoms with Gasteiger partial charge in [-0.1, -0.05) is 36.4 Å². The van der Waals surface area contributed by atoms with Crippen molar-refractivity contribution in [3.63, 3.8) is 0 Å².